The van der Waals surface area contributed by atoms with Crippen molar-refractivity contribution in [2.45, 2.75) is 12.8 Å². The van der Waals surface area contributed by atoms with E-state index in [9.17, 15) is 4.79 Å². The normalized spacial score (nSPS) is 15.4. The van der Waals surface area contributed by atoms with E-state index in [-0.39, 0.29) is 6.03 Å². The third kappa shape index (κ3) is 3.93. The van der Waals surface area contributed by atoms with E-state index >= 15 is 0 Å². The topological polar surface area (TPSA) is 57.3 Å². The maximum absolute atomic E-state index is 11.9. The van der Waals surface area contributed by atoms with Gasteiger partial charge in [0.05, 0.1) is 15.2 Å². The van der Waals surface area contributed by atoms with Gasteiger partial charge < -0.3 is 10.2 Å². The first kappa shape index (κ1) is 16.4. The van der Waals surface area contributed by atoms with Crippen LogP contribution in [0.25, 0.3) is 10.2 Å². The molecule has 3 heterocycles. The fourth-order valence-electron chi connectivity index (χ4n) is 3.07. The summed E-state index contributed by atoms with van der Waals surface area (Å²) in [4.78, 5) is 19.0. The number of urea groups is 1. The van der Waals surface area contributed by atoms with Gasteiger partial charge >= 0.3 is 6.03 Å². The van der Waals surface area contributed by atoms with Crippen molar-refractivity contribution in [2.24, 2.45) is 5.92 Å². The summed E-state index contributed by atoms with van der Waals surface area (Å²) in [5.74, 6) is 0.528. The van der Waals surface area contributed by atoms with Crippen LogP contribution >= 0.6 is 22.7 Å². The Hall–Kier alpha value is -2.12. The Kier molecular flexibility index (Phi) is 4.85. The van der Waals surface area contributed by atoms with E-state index in [2.05, 4.69) is 33.7 Å². The highest BCUT2D eigenvalue weighted by Crippen LogP contribution is 2.31. The van der Waals surface area contributed by atoms with Gasteiger partial charge in [0.1, 0.15) is 0 Å². The first-order valence-electron chi connectivity index (χ1n) is 8.47. The number of carbonyl (C=O) groups is 1. The zero-order valence-corrected chi connectivity index (χ0v) is 15.4. The van der Waals surface area contributed by atoms with E-state index in [1.54, 1.807) is 11.3 Å². The lowest BCUT2D eigenvalue weighted by Crippen LogP contribution is -2.39. The van der Waals surface area contributed by atoms with E-state index < -0.39 is 0 Å². The van der Waals surface area contributed by atoms with Crippen molar-refractivity contribution in [2.75, 3.05) is 29.9 Å². The number of thiophene rings is 1. The van der Waals surface area contributed by atoms with Gasteiger partial charge in [-0.3, -0.25) is 5.32 Å². The zero-order chi connectivity index (χ0) is 17.1. The highest BCUT2D eigenvalue weighted by molar-refractivity contribution is 7.22. The molecule has 1 saturated heterocycles. The average Bonchev–Trinajstić information content (AvgIpc) is 3.29. The molecule has 0 atom stereocenters. The van der Waals surface area contributed by atoms with Crippen LogP contribution in [-0.4, -0.2) is 30.6 Å². The maximum atomic E-state index is 11.9. The van der Waals surface area contributed by atoms with Gasteiger partial charge in [-0.2, -0.15) is 0 Å². The summed E-state index contributed by atoms with van der Waals surface area (Å²) < 4.78 is 1.24. The van der Waals surface area contributed by atoms with E-state index in [0.717, 1.165) is 48.1 Å². The van der Waals surface area contributed by atoms with Gasteiger partial charge in [0.2, 0.25) is 0 Å². The molecule has 5 nitrogen and oxygen atoms in total. The number of anilines is 2. The summed E-state index contributed by atoms with van der Waals surface area (Å²) in [7, 11) is 0. The SMILES string of the molecule is O=C(NCC1CCN(c2nc3ccccc3s2)CC1)Nc1cccs1. The summed E-state index contributed by atoms with van der Waals surface area (Å²) in [5, 5.41) is 9.80. The molecule has 1 aliphatic heterocycles. The molecule has 0 bridgehead atoms. The van der Waals surface area contributed by atoms with Crippen molar-refractivity contribution >= 4 is 49.1 Å². The van der Waals surface area contributed by atoms with Crippen LogP contribution in [0.15, 0.2) is 41.8 Å². The molecular formula is C18H20N4OS2. The molecule has 130 valence electrons. The number of aromatic nitrogens is 1. The second kappa shape index (κ2) is 7.41. The van der Waals surface area contributed by atoms with Crippen LogP contribution in [-0.2, 0) is 0 Å². The molecule has 0 radical (unpaired) electrons. The second-order valence-electron chi connectivity index (χ2n) is 6.21. The number of carbonyl (C=O) groups excluding carboxylic acids is 1. The van der Waals surface area contributed by atoms with Gasteiger partial charge in [-0.25, -0.2) is 9.78 Å². The molecule has 2 aromatic heterocycles. The highest BCUT2D eigenvalue weighted by Gasteiger charge is 2.22. The van der Waals surface area contributed by atoms with Crippen LogP contribution in [0.1, 0.15) is 12.8 Å². The Bertz CT molecular complexity index is 805. The van der Waals surface area contributed by atoms with Crippen LogP contribution in [0.4, 0.5) is 14.9 Å². The molecule has 25 heavy (non-hydrogen) atoms. The summed E-state index contributed by atoms with van der Waals surface area (Å²) in [5.41, 5.74) is 1.08. The molecule has 2 amide bonds. The van der Waals surface area contributed by atoms with Gasteiger partial charge in [-0.15, -0.1) is 11.3 Å². The summed E-state index contributed by atoms with van der Waals surface area (Å²) in [6.07, 6.45) is 2.16. The van der Waals surface area contributed by atoms with Crippen molar-refractivity contribution in [1.82, 2.24) is 10.3 Å². The molecule has 1 fully saturated rings. The largest absolute Gasteiger partial charge is 0.348 e. The number of benzene rings is 1. The Morgan fingerprint density at radius 2 is 2.04 bits per heavy atom. The number of fused-ring (bicyclic) bond motifs is 1. The van der Waals surface area contributed by atoms with Gasteiger partial charge in [-0.05, 0) is 48.4 Å². The molecule has 0 spiro atoms. The van der Waals surface area contributed by atoms with Gasteiger partial charge in [0.25, 0.3) is 0 Å². The number of nitrogens with one attached hydrogen (secondary N) is 2. The molecule has 1 aromatic carbocycles. The minimum Gasteiger partial charge on any atom is -0.348 e. The van der Waals surface area contributed by atoms with E-state index in [1.165, 1.54) is 16.0 Å². The van der Waals surface area contributed by atoms with Crippen molar-refractivity contribution < 1.29 is 4.79 Å². The summed E-state index contributed by atoms with van der Waals surface area (Å²) in [6, 6.07) is 12.0. The second-order valence-corrected chi connectivity index (χ2v) is 8.16. The minimum absolute atomic E-state index is 0.115. The first-order chi connectivity index (χ1) is 12.3. The van der Waals surface area contributed by atoms with Crippen LogP contribution in [0.5, 0.6) is 0 Å². The fourth-order valence-corrected chi connectivity index (χ4v) is 4.70. The number of para-hydroxylation sites is 1. The number of thiazole rings is 1. The minimum atomic E-state index is -0.115. The summed E-state index contributed by atoms with van der Waals surface area (Å²) in [6.45, 7) is 2.72. The number of amides is 2. The lowest BCUT2D eigenvalue weighted by atomic mass is 9.97. The maximum Gasteiger partial charge on any atom is 0.319 e. The van der Waals surface area contributed by atoms with Crippen LogP contribution in [0.2, 0.25) is 0 Å². The Balaban J connectivity index is 1.26. The number of hydrogen-bond donors (Lipinski definition) is 2. The molecule has 2 N–H and O–H groups in total. The van der Waals surface area contributed by atoms with Gasteiger partial charge in [-0.1, -0.05) is 23.5 Å². The van der Waals surface area contributed by atoms with Crippen LogP contribution < -0.4 is 15.5 Å². The lowest BCUT2D eigenvalue weighted by molar-refractivity contribution is 0.248. The molecule has 0 aliphatic carbocycles. The van der Waals surface area contributed by atoms with Crippen molar-refractivity contribution in [1.29, 1.82) is 0 Å². The monoisotopic (exact) mass is 372 g/mol. The van der Waals surface area contributed by atoms with Gasteiger partial charge in [0.15, 0.2) is 5.13 Å². The predicted molar refractivity (Wildman–Crippen MR) is 106 cm³/mol. The number of piperidine rings is 1. The van der Waals surface area contributed by atoms with Crippen molar-refractivity contribution in [3.05, 3.63) is 41.8 Å². The van der Waals surface area contributed by atoms with Crippen LogP contribution in [0, 0.1) is 5.92 Å². The third-order valence-electron chi connectivity index (χ3n) is 4.48. The molecule has 3 aromatic rings. The van der Waals surface area contributed by atoms with Crippen LogP contribution in [0.3, 0.4) is 0 Å². The molecule has 1 aliphatic rings. The number of rotatable bonds is 4. The van der Waals surface area contributed by atoms with E-state index in [0.29, 0.717) is 5.92 Å². The molecule has 0 unspecified atom stereocenters. The average molecular weight is 373 g/mol. The Morgan fingerprint density at radius 3 is 2.80 bits per heavy atom. The fraction of sp³-hybridized carbons (Fsp3) is 0.333. The quantitative estimate of drug-likeness (QED) is 0.714. The van der Waals surface area contributed by atoms with Crippen molar-refractivity contribution in [3.63, 3.8) is 0 Å². The predicted octanol–water partition coefficient (Wildman–Crippen LogP) is 4.40. The Labute approximate surface area is 154 Å². The first-order valence-corrected chi connectivity index (χ1v) is 10.2. The smallest absolute Gasteiger partial charge is 0.319 e. The summed E-state index contributed by atoms with van der Waals surface area (Å²) >= 11 is 3.29. The van der Waals surface area contributed by atoms with E-state index in [4.69, 9.17) is 4.98 Å². The standard InChI is InChI=1S/C18H20N4OS2/c23-17(21-16-6-3-11-24-16)19-12-13-7-9-22(10-8-13)18-20-14-4-1-2-5-15(14)25-18/h1-6,11,13H,7-10,12H2,(H2,19,21,23). The lowest BCUT2D eigenvalue weighted by Gasteiger charge is -2.31. The number of nitrogens with zero attached hydrogens (tertiary/aromatic N) is 2. The molecule has 4 rings (SSSR count). The number of hydrogen-bond acceptors (Lipinski definition) is 5. The molecular weight excluding hydrogens is 352 g/mol. The highest BCUT2D eigenvalue weighted by atomic mass is 32.1. The molecule has 7 heteroatoms. The molecule has 0 saturated carbocycles. The van der Waals surface area contributed by atoms with E-state index in [1.807, 2.05) is 23.6 Å². The zero-order valence-electron chi connectivity index (χ0n) is 13.8. The third-order valence-corrected chi connectivity index (χ3v) is 6.36. The van der Waals surface area contributed by atoms with Crippen molar-refractivity contribution in [3.8, 4) is 0 Å². The Morgan fingerprint density at radius 1 is 1.20 bits per heavy atom. The van der Waals surface area contributed by atoms with Gasteiger partial charge in [0, 0.05) is 19.6 Å².